The number of pyridine rings is 1. The van der Waals surface area contributed by atoms with Gasteiger partial charge in [-0.1, -0.05) is 6.07 Å². The van der Waals surface area contributed by atoms with Crippen LogP contribution < -0.4 is 10.1 Å². The molecule has 9 heteroatoms. The second kappa shape index (κ2) is 9.41. The fraction of sp³-hybridized carbons (Fsp3) is 0.207. The second-order valence-corrected chi connectivity index (χ2v) is 9.61. The Kier molecular flexibility index (Phi) is 5.90. The highest BCUT2D eigenvalue weighted by Crippen LogP contribution is 2.50. The first-order valence-electron chi connectivity index (χ1n) is 12.4. The first kappa shape index (κ1) is 23.8. The maximum Gasteiger partial charge on any atom is 0.251 e. The van der Waals surface area contributed by atoms with Crippen LogP contribution in [-0.4, -0.2) is 25.7 Å². The molecule has 1 amide bonds. The van der Waals surface area contributed by atoms with E-state index < -0.39 is 11.6 Å². The second-order valence-electron chi connectivity index (χ2n) is 9.61. The van der Waals surface area contributed by atoms with E-state index >= 15 is 0 Å². The van der Waals surface area contributed by atoms with E-state index in [1.54, 1.807) is 23.0 Å². The van der Waals surface area contributed by atoms with Gasteiger partial charge in [-0.15, -0.1) is 0 Å². The Morgan fingerprint density at radius 3 is 2.66 bits per heavy atom. The number of aromatic nitrogens is 4. The van der Waals surface area contributed by atoms with Crippen LogP contribution in [0.5, 0.6) is 11.5 Å². The number of hydrogen-bond donors (Lipinski definition) is 2. The Bertz CT molecular complexity index is 1670. The average Bonchev–Trinajstić information content (AvgIpc) is 3.50. The SMILES string of the molecule is Cc1c(Oc2ccnc3[nH]c(-c4cnn(C)c4)c(C4CC4)c23)cccc1C(=O)NCc1cc(F)cc(F)c1. The van der Waals surface area contributed by atoms with Crippen molar-refractivity contribution in [3.05, 3.63) is 94.9 Å². The molecule has 0 spiro atoms. The molecule has 3 heterocycles. The molecule has 192 valence electrons. The number of amides is 1. The van der Waals surface area contributed by atoms with Crippen LogP contribution in [-0.2, 0) is 13.6 Å². The molecule has 3 aromatic heterocycles. The largest absolute Gasteiger partial charge is 0.456 e. The number of carbonyl (C=O) groups excluding carboxylic acids is 1. The van der Waals surface area contributed by atoms with Crippen molar-refractivity contribution in [2.24, 2.45) is 7.05 Å². The molecule has 0 unspecified atom stereocenters. The van der Waals surface area contributed by atoms with E-state index in [0.717, 1.165) is 41.2 Å². The first-order valence-corrected chi connectivity index (χ1v) is 12.4. The lowest BCUT2D eigenvalue weighted by atomic mass is 10.0. The number of aryl methyl sites for hydroxylation is 1. The standard InChI is InChI=1S/C29H25F2N5O2/c1-16-22(29(37)33-13-17-10-20(30)12-21(31)11-17)4-3-5-23(16)38-24-8-9-32-28-26(24)25(18-6-7-18)27(35-28)19-14-34-36(2)15-19/h3-5,8-12,14-15,18H,6-7,13H2,1-2H3,(H,32,35)(H,33,37). The van der Waals surface area contributed by atoms with Crippen molar-refractivity contribution in [1.82, 2.24) is 25.1 Å². The topological polar surface area (TPSA) is 84.8 Å². The summed E-state index contributed by atoms with van der Waals surface area (Å²) < 4.78 is 35.2. The van der Waals surface area contributed by atoms with Crippen molar-refractivity contribution in [1.29, 1.82) is 0 Å². The molecule has 1 saturated carbocycles. The number of nitrogens with zero attached hydrogens (tertiary/aromatic N) is 3. The zero-order chi connectivity index (χ0) is 26.4. The van der Waals surface area contributed by atoms with E-state index in [9.17, 15) is 13.6 Å². The van der Waals surface area contributed by atoms with Gasteiger partial charge < -0.3 is 15.0 Å². The molecule has 6 rings (SSSR count). The fourth-order valence-electron chi connectivity index (χ4n) is 4.83. The summed E-state index contributed by atoms with van der Waals surface area (Å²) in [7, 11) is 1.89. The van der Waals surface area contributed by atoms with Gasteiger partial charge in [-0.3, -0.25) is 9.48 Å². The zero-order valence-corrected chi connectivity index (χ0v) is 20.9. The monoisotopic (exact) mass is 513 g/mol. The highest BCUT2D eigenvalue weighted by atomic mass is 19.1. The Morgan fingerprint density at radius 2 is 1.95 bits per heavy atom. The number of fused-ring (bicyclic) bond motifs is 1. The van der Waals surface area contributed by atoms with E-state index in [1.807, 2.05) is 38.5 Å². The number of rotatable bonds is 7. The minimum Gasteiger partial charge on any atom is -0.456 e. The first-order chi connectivity index (χ1) is 18.4. The lowest BCUT2D eigenvalue weighted by Crippen LogP contribution is -2.23. The van der Waals surface area contributed by atoms with Gasteiger partial charge in [0, 0.05) is 48.7 Å². The molecule has 0 bridgehead atoms. The van der Waals surface area contributed by atoms with Crippen molar-refractivity contribution in [2.45, 2.75) is 32.2 Å². The van der Waals surface area contributed by atoms with E-state index in [2.05, 4.69) is 20.4 Å². The normalized spacial score (nSPS) is 13.2. The zero-order valence-electron chi connectivity index (χ0n) is 20.9. The van der Waals surface area contributed by atoms with Gasteiger partial charge in [0.15, 0.2) is 0 Å². The van der Waals surface area contributed by atoms with Crippen molar-refractivity contribution < 1.29 is 18.3 Å². The number of aromatic amines is 1. The molecule has 0 aliphatic heterocycles. The molecule has 0 atom stereocenters. The van der Waals surface area contributed by atoms with Crippen LogP contribution in [0.4, 0.5) is 8.78 Å². The van der Waals surface area contributed by atoms with Gasteiger partial charge in [0.2, 0.25) is 0 Å². The molecule has 5 aromatic rings. The van der Waals surface area contributed by atoms with Gasteiger partial charge in [0.25, 0.3) is 5.91 Å². The molecule has 2 N–H and O–H groups in total. The fourth-order valence-corrected chi connectivity index (χ4v) is 4.83. The smallest absolute Gasteiger partial charge is 0.251 e. The predicted molar refractivity (Wildman–Crippen MR) is 139 cm³/mol. The van der Waals surface area contributed by atoms with Crippen LogP contribution >= 0.6 is 0 Å². The number of ether oxygens (including phenoxy) is 1. The molecule has 1 aliphatic rings. The number of benzene rings is 2. The van der Waals surface area contributed by atoms with Gasteiger partial charge in [-0.2, -0.15) is 5.10 Å². The average molecular weight is 514 g/mol. The van der Waals surface area contributed by atoms with Crippen LogP contribution in [0.1, 0.15) is 45.8 Å². The van der Waals surface area contributed by atoms with Crippen LogP contribution in [0.3, 0.4) is 0 Å². The molecule has 38 heavy (non-hydrogen) atoms. The minimum absolute atomic E-state index is 0.00572. The summed E-state index contributed by atoms with van der Waals surface area (Å²) in [6.45, 7) is 1.80. The van der Waals surface area contributed by atoms with Crippen molar-refractivity contribution in [3.8, 4) is 22.8 Å². The van der Waals surface area contributed by atoms with Gasteiger partial charge in [-0.25, -0.2) is 13.8 Å². The number of H-pyrrole nitrogens is 1. The summed E-state index contributed by atoms with van der Waals surface area (Å²) in [4.78, 5) is 21.0. The van der Waals surface area contributed by atoms with Crippen LogP contribution in [0, 0.1) is 18.6 Å². The van der Waals surface area contributed by atoms with Crippen LogP contribution in [0.25, 0.3) is 22.3 Å². The van der Waals surface area contributed by atoms with Gasteiger partial charge in [0.05, 0.1) is 17.3 Å². The quantitative estimate of drug-likeness (QED) is 0.273. The third-order valence-corrected chi connectivity index (χ3v) is 6.80. The van der Waals surface area contributed by atoms with Gasteiger partial charge in [-0.05, 0) is 67.1 Å². The summed E-state index contributed by atoms with van der Waals surface area (Å²) in [5.41, 5.74) is 5.30. The highest BCUT2D eigenvalue weighted by molar-refractivity contribution is 5.97. The van der Waals surface area contributed by atoms with E-state index in [0.29, 0.717) is 34.1 Å². The Labute approximate surface area is 217 Å². The number of halogens is 2. The third kappa shape index (κ3) is 4.51. The Morgan fingerprint density at radius 1 is 1.16 bits per heavy atom. The van der Waals surface area contributed by atoms with Gasteiger partial charge >= 0.3 is 0 Å². The molecule has 7 nitrogen and oxygen atoms in total. The molecular weight excluding hydrogens is 488 g/mol. The third-order valence-electron chi connectivity index (χ3n) is 6.80. The lowest BCUT2D eigenvalue weighted by molar-refractivity contribution is 0.0950. The summed E-state index contributed by atoms with van der Waals surface area (Å²) in [5.74, 6) is -0.141. The minimum atomic E-state index is -0.688. The highest BCUT2D eigenvalue weighted by Gasteiger charge is 2.32. The summed E-state index contributed by atoms with van der Waals surface area (Å²) >= 11 is 0. The van der Waals surface area contributed by atoms with E-state index in [-0.39, 0.29) is 12.5 Å². The van der Waals surface area contributed by atoms with E-state index in [1.165, 1.54) is 17.7 Å². The lowest BCUT2D eigenvalue weighted by Gasteiger charge is -2.14. The molecule has 1 fully saturated rings. The maximum atomic E-state index is 13.5. The maximum absolute atomic E-state index is 13.5. The van der Waals surface area contributed by atoms with E-state index in [4.69, 9.17) is 4.74 Å². The molecule has 2 aromatic carbocycles. The summed E-state index contributed by atoms with van der Waals surface area (Å²) in [6.07, 6.45) is 7.70. The summed E-state index contributed by atoms with van der Waals surface area (Å²) in [6, 6.07) is 10.3. The van der Waals surface area contributed by atoms with Crippen molar-refractivity contribution in [2.75, 3.05) is 0 Å². The molecule has 1 aliphatic carbocycles. The van der Waals surface area contributed by atoms with Gasteiger partial charge in [0.1, 0.15) is 28.8 Å². The van der Waals surface area contributed by atoms with Crippen molar-refractivity contribution in [3.63, 3.8) is 0 Å². The summed E-state index contributed by atoms with van der Waals surface area (Å²) in [5, 5.41) is 7.99. The number of hydrogen-bond acceptors (Lipinski definition) is 4. The number of carbonyl (C=O) groups is 1. The van der Waals surface area contributed by atoms with Crippen molar-refractivity contribution >= 4 is 16.9 Å². The molecule has 0 radical (unpaired) electrons. The number of nitrogens with one attached hydrogen (secondary N) is 2. The van der Waals surface area contributed by atoms with Crippen LogP contribution in [0.2, 0.25) is 0 Å². The Hall–Kier alpha value is -4.53. The molecular formula is C29H25F2N5O2. The molecule has 0 saturated heterocycles. The predicted octanol–water partition coefficient (Wildman–Crippen LogP) is 6.15. The Balaban J connectivity index is 1.31. The van der Waals surface area contributed by atoms with Crippen LogP contribution in [0.15, 0.2) is 61.1 Å².